The maximum absolute atomic E-state index is 11.7. The molecule has 1 rings (SSSR count). The maximum atomic E-state index is 11.7. The fourth-order valence-electron chi connectivity index (χ4n) is 1.33. The molecule has 0 bridgehead atoms. The van der Waals surface area contributed by atoms with Gasteiger partial charge in [-0.1, -0.05) is 15.9 Å². The molecular formula is C11H17BrN2O3S. The topological polar surface area (TPSA) is 68.3 Å². The Hall–Kier alpha value is -0.500. The molecule has 1 unspecified atom stereocenters. The Morgan fingerprint density at radius 2 is 2.11 bits per heavy atom. The van der Waals surface area contributed by atoms with Crippen LogP contribution in [0.3, 0.4) is 0 Å². The van der Waals surface area contributed by atoms with Crippen LogP contribution in [0.5, 0.6) is 0 Å². The van der Waals surface area contributed by atoms with Crippen molar-refractivity contribution in [2.75, 3.05) is 26.0 Å². The Kier molecular flexibility index (Phi) is 6.77. The molecule has 1 N–H and O–H groups in total. The smallest absolute Gasteiger partial charge is 0.211 e. The molecule has 5 nitrogen and oxygen atoms in total. The van der Waals surface area contributed by atoms with E-state index < -0.39 is 10.0 Å². The number of methoxy groups -OCH3 is 1. The second-order valence-electron chi connectivity index (χ2n) is 3.83. The van der Waals surface area contributed by atoms with Crippen molar-refractivity contribution < 1.29 is 13.2 Å². The molecule has 0 aromatic carbocycles. The molecule has 0 radical (unpaired) electrons. The predicted molar refractivity (Wildman–Crippen MR) is 74.3 cm³/mol. The number of hydrogen-bond donors (Lipinski definition) is 1. The van der Waals surface area contributed by atoms with Crippen molar-refractivity contribution in [3.8, 4) is 0 Å². The molecule has 0 aliphatic rings. The van der Waals surface area contributed by atoms with Crippen LogP contribution in [0.4, 0.5) is 0 Å². The number of nitrogens with zero attached hydrogens (tertiary/aromatic N) is 1. The summed E-state index contributed by atoms with van der Waals surface area (Å²) in [6, 6.07) is 3.63. The average Bonchev–Trinajstić information content (AvgIpc) is 2.36. The van der Waals surface area contributed by atoms with Gasteiger partial charge in [0.25, 0.3) is 0 Å². The minimum atomic E-state index is -3.25. The number of pyridine rings is 1. The molecule has 0 aliphatic carbocycles. The summed E-state index contributed by atoms with van der Waals surface area (Å²) < 4.78 is 30.9. The van der Waals surface area contributed by atoms with Gasteiger partial charge in [0, 0.05) is 26.0 Å². The molecule has 0 aliphatic heterocycles. The second kappa shape index (κ2) is 7.83. The van der Waals surface area contributed by atoms with Gasteiger partial charge in [0.05, 0.1) is 17.2 Å². The van der Waals surface area contributed by atoms with Crippen LogP contribution >= 0.6 is 15.9 Å². The van der Waals surface area contributed by atoms with E-state index in [9.17, 15) is 8.42 Å². The zero-order chi connectivity index (χ0) is 13.4. The monoisotopic (exact) mass is 336 g/mol. The molecule has 0 amide bonds. The summed E-state index contributed by atoms with van der Waals surface area (Å²) in [5, 5.41) is 0. The van der Waals surface area contributed by atoms with Crippen LogP contribution in [0.15, 0.2) is 24.5 Å². The average molecular weight is 337 g/mol. The van der Waals surface area contributed by atoms with E-state index >= 15 is 0 Å². The number of hydrogen-bond acceptors (Lipinski definition) is 4. The molecule has 1 aromatic rings. The van der Waals surface area contributed by atoms with Crippen LogP contribution in [0.25, 0.3) is 0 Å². The quantitative estimate of drug-likeness (QED) is 0.718. The summed E-state index contributed by atoms with van der Waals surface area (Å²) >= 11 is 3.33. The Bertz CT molecular complexity index is 439. The van der Waals surface area contributed by atoms with E-state index in [0.29, 0.717) is 19.6 Å². The molecular weight excluding hydrogens is 320 g/mol. The SMILES string of the molecule is COCC(Br)CNS(=O)(=O)CCc1ccncc1. The largest absolute Gasteiger partial charge is 0.383 e. The van der Waals surface area contributed by atoms with Crippen molar-refractivity contribution in [3.05, 3.63) is 30.1 Å². The van der Waals surface area contributed by atoms with Gasteiger partial charge in [-0.2, -0.15) is 0 Å². The van der Waals surface area contributed by atoms with Gasteiger partial charge in [0.2, 0.25) is 10.0 Å². The summed E-state index contributed by atoms with van der Waals surface area (Å²) in [5.41, 5.74) is 0.961. The minimum Gasteiger partial charge on any atom is -0.383 e. The summed E-state index contributed by atoms with van der Waals surface area (Å²) in [4.78, 5) is 3.87. The molecule has 1 heterocycles. The number of nitrogens with one attached hydrogen (secondary N) is 1. The van der Waals surface area contributed by atoms with Crippen LogP contribution in [0, 0.1) is 0 Å². The predicted octanol–water partition coefficient (Wildman–Crippen LogP) is 0.953. The molecule has 1 atom stereocenters. The zero-order valence-corrected chi connectivity index (χ0v) is 12.6. The number of rotatable bonds is 8. The third-order valence-electron chi connectivity index (χ3n) is 2.28. The van der Waals surface area contributed by atoms with Gasteiger partial charge < -0.3 is 4.74 Å². The summed E-state index contributed by atoms with van der Waals surface area (Å²) in [5.74, 6) is 0.0731. The van der Waals surface area contributed by atoms with Crippen LogP contribution in [-0.2, 0) is 21.2 Å². The molecule has 7 heteroatoms. The molecule has 18 heavy (non-hydrogen) atoms. The van der Waals surface area contributed by atoms with Crippen molar-refractivity contribution in [2.24, 2.45) is 0 Å². The van der Waals surface area contributed by atoms with Gasteiger partial charge in [0.15, 0.2) is 0 Å². The molecule has 0 fully saturated rings. The fraction of sp³-hybridized carbons (Fsp3) is 0.545. The first-order chi connectivity index (χ1) is 8.53. The molecule has 0 spiro atoms. The van der Waals surface area contributed by atoms with E-state index in [2.05, 4.69) is 25.6 Å². The number of ether oxygens (including phenoxy) is 1. The number of halogens is 1. The summed E-state index contributed by atoms with van der Waals surface area (Å²) in [7, 11) is -1.67. The highest BCUT2D eigenvalue weighted by atomic mass is 79.9. The third kappa shape index (κ3) is 6.44. The molecule has 102 valence electrons. The third-order valence-corrected chi connectivity index (χ3v) is 4.22. The van der Waals surface area contributed by atoms with Crippen molar-refractivity contribution in [2.45, 2.75) is 11.2 Å². The first-order valence-corrected chi connectivity index (χ1v) is 8.09. The van der Waals surface area contributed by atoms with E-state index in [1.54, 1.807) is 19.5 Å². The minimum absolute atomic E-state index is 0.0156. The van der Waals surface area contributed by atoms with Gasteiger partial charge >= 0.3 is 0 Å². The van der Waals surface area contributed by atoms with Crippen molar-refractivity contribution >= 4 is 26.0 Å². The van der Waals surface area contributed by atoms with E-state index in [-0.39, 0.29) is 10.6 Å². The number of aromatic nitrogens is 1. The van der Waals surface area contributed by atoms with E-state index in [1.165, 1.54) is 0 Å². The highest BCUT2D eigenvalue weighted by molar-refractivity contribution is 9.09. The van der Waals surface area contributed by atoms with Crippen LogP contribution in [0.1, 0.15) is 5.56 Å². The summed E-state index contributed by atoms with van der Waals surface area (Å²) in [6.45, 7) is 0.791. The lowest BCUT2D eigenvalue weighted by molar-refractivity contribution is 0.201. The van der Waals surface area contributed by atoms with E-state index in [0.717, 1.165) is 5.56 Å². The van der Waals surface area contributed by atoms with Crippen LogP contribution in [0.2, 0.25) is 0 Å². The Morgan fingerprint density at radius 1 is 1.44 bits per heavy atom. The lowest BCUT2D eigenvalue weighted by atomic mass is 10.2. The van der Waals surface area contributed by atoms with Crippen LogP contribution < -0.4 is 4.72 Å². The van der Waals surface area contributed by atoms with Crippen LogP contribution in [-0.4, -0.2) is 44.2 Å². The zero-order valence-electron chi connectivity index (χ0n) is 10.2. The lowest BCUT2D eigenvalue weighted by Gasteiger charge is -2.10. The van der Waals surface area contributed by atoms with Gasteiger partial charge in [-0.15, -0.1) is 0 Å². The van der Waals surface area contributed by atoms with E-state index in [1.807, 2.05) is 12.1 Å². The molecule has 0 saturated carbocycles. The number of sulfonamides is 1. The Labute approximate surface area is 116 Å². The molecule has 0 saturated heterocycles. The highest BCUT2D eigenvalue weighted by Gasteiger charge is 2.12. The number of alkyl halides is 1. The van der Waals surface area contributed by atoms with Gasteiger partial charge in [0.1, 0.15) is 0 Å². The second-order valence-corrected chi connectivity index (χ2v) is 7.05. The summed E-state index contributed by atoms with van der Waals surface area (Å²) in [6.07, 6.45) is 3.79. The normalized spacial score (nSPS) is 13.4. The van der Waals surface area contributed by atoms with Crippen molar-refractivity contribution in [1.82, 2.24) is 9.71 Å². The first-order valence-electron chi connectivity index (χ1n) is 5.53. The van der Waals surface area contributed by atoms with E-state index in [4.69, 9.17) is 4.74 Å². The van der Waals surface area contributed by atoms with Crippen molar-refractivity contribution in [3.63, 3.8) is 0 Å². The molecule has 1 aromatic heterocycles. The standard InChI is InChI=1S/C11H17BrN2O3S/c1-17-9-11(12)8-14-18(15,16)7-4-10-2-5-13-6-3-10/h2-3,5-6,11,14H,4,7-9H2,1H3. The lowest BCUT2D eigenvalue weighted by Crippen LogP contribution is -2.33. The maximum Gasteiger partial charge on any atom is 0.211 e. The van der Waals surface area contributed by atoms with Gasteiger partial charge in [-0.05, 0) is 24.1 Å². The Morgan fingerprint density at radius 3 is 2.72 bits per heavy atom. The fourth-order valence-corrected chi connectivity index (χ4v) is 3.08. The van der Waals surface area contributed by atoms with Crippen molar-refractivity contribution in [1.29, 1.82) is 0 Å². The van der Waals surface area contributed by atoms with Gasteiger partial charge in [-0.25, -0.2) is 13.1 Å². The Balaban J connectivity index is 2.36. The highest BCUT2D eigenvalue weighted by Crippen LogP contribution is 2.02. The van der Waals surface area contributed by atoms with Gasteiger partial charge in [-0.3, -0.25) is 4.98 Å². The first kappa shape index (κ1) is 15.6. The number of aryl methyl sites for hydroxylation is 1.